The number of urea groups is 1. The maximum absolute atomic E-state index is 12.0. The zero-order valence-corrected chi connectivity index (χ0v) is 14.9. The summed E-state index contributed by atoms with van der Waals surface area (Å²) in [4.78, 5) is 13.3. The number of anilines is 1. The van der Waals surface area contributed by atoms with Crippen LogP contribution in [-0.4, -0.2) is 12.2 Å². The lowest BCUT2D eigenvalue weighted by molar-refractivity contribution is 0.252. The number of rotatable bonds is 4. The van der Waals surface area contributed by atoms with Gasteiger partial charge in [0.2, 0.25) is 0 Å². The molecule has 0 atom stereocenters. The minimum absolute atomic E-state index is 0.434. The maximum Gasteiger partial charge on any atom is 0.340 e. The highest BCUT2D eigenvalue weighted by Gasteiger charge is 2.21. The smallest absolute Gasteiger partial charge is 0.297 e. The van der Waals surface area contributed by atoms with Crippen molar-refractivity contribution in [2.75, 3.05) is 5.32 Å². The van der Waals surface area contributed by atoms with E-state index >= 15 is 0 Å². The molecule has 0 saturated carbocycles. The fraction of sp³-hybridized carbons (Fsp3) is 0.316. The number of nitriles is 1. The molecule has 1 aliphatic rings. The number of fused-ring (bicyclic) bond motifs is 1. The minimum atomic E-state index is -0.434. The van der Waals surface area contributed by atoms with Gasteiger partial charge in [-0.05, 0) is 48.8 Å². The topological polar surface area (TPSA) is 77.3 Å². The molecule has 128 valence electrons. The second-order valence-corrected chi connectivity index (χ2v) is 7.05. The molecule has 0 radical (unpaired) electrons. The zero-order chi connectivity index (χ0) is 17.6. The van der Waals surface area contributed by atoms with Crippen molar-refractivity contribution in [1.82, 2.24) is 5.43 Å². The van der Waals surface area contributed by atoms with Gasteiger partial charge in [-0.3, -0.25) is 5.32 Å². The Morgan fingerprint density at radius 3 is 2.80 bits per heavy atom. The lowest BCUT2D eigenvalue weighted by Gasteiger charge is -2.09. The van der Waals surface area contributed by atoms with E-state index < -0.39 is 6.03 Å². The molecule has 0 spiro atoms. The van der Waals surface area contributed by atoms with Crippen LogP contribution in [0.3, 0.4) is 0 Å². The molecular formula is C19H20N4OS. The average Bonchev–Trinajstić information content (AvgIpc) is 2.99. The van der Waals surface area contributed by atoms with Gasteiger partial charge in [-0.2, -0.15) is 10.4 Å². The van der Waals surface area contributed by atoms with E-state index in [-0.39, 0.29) is 0 Å². The van der Waals surface area contributed by atoms with Gasteiger partial charge in [0, 0.05) is 4.88 Å². The molecule has 1 aromatic carbocycles. The number of hydrogen-bond donors (Lipinski definition) is 2. The van der Waals surface area contributed by atoms with Crippen LogP contribution in [0, 0.1) is 11.3 Å². The molecule has 1 aromatic heterocycles. The summed E-state index contributed by atoms with van der Waals surface area (Å²) >= 11 is 1.50. The quantitative estimate of drug-likeness (QED) is 0.638. The van der Waals surface area contributed by atoms with E-state index in [9.17, 15) is 10.1 Å². The summed E-state index contributed by atoms with van der Waals surface area (Å²) in [5.41, 5.74) is 6.34. The van der Waals surface area contributed by atoms with Crippen LogP contribution >= 0.6 is 11.3 Å². The minimum Gasteiger partial charge on any atom is -0.297 e. The Morgan fingerprint density at radius 1 is 1.32 bits per heavy atom. The standard InChI is InChI=1S/C19H20N4OS/c1-2-13-7-9-14(10-8-13)12-21-23-19(24)22-18-16(11-20)15-5-3-4-6-17(15)25-18/h7-10,12H,2-6H2,1H3,(H2,22,23,24)/b21-12+. The number of nitrogens with zero attached hydrogens (tertiary/aromatic N) is 2. The fourth-order valence-electron chi connectivity index (χ4n) is 2.91. The van der Waals surface area contributed by atoms with E-state index in [1.165, 1.54) is 21.8 Å². The second kappa shape index (κ2) is 7.95. The van der Waals surface area contributed by atoms with Crippen LogP contribution in [0.15, 0.2) is 29.4 Å². The van der Waals surface area contributed by atoms with E-state index in [4.69, 9.17) is 0 Å². The van der Waals surface area contributed by atoms with Crippen molar-refractivity contribution in [1.29, 1.82) is 5.26 Å². The van der Waals surface area contributed by atoms with Gasteiger partial charge >= 0.3 is 6.03 Å². The SMILES string of the molecule is CCc1ccc(/C=N/NC(=O)Nc2sc3c(c2C#N)CCCC3)cc1. The van der Waals surface area contributed by atoms with Gasteiger partial charge in [-0.1, -0.05) is 31.2 Å². The molecule has 0 bridgehead atoms. The highest BCUT2D eigenvalue weighted by molar-refractivity contribution is 7.16. The molecule has 1 heterocycles. The predicted molar refractivity (Wildman–Crippen MR) is 101 cm³/mol. The Morgan fingerprint density at radius 2 is 2.08 bits per heavy atom. The number of nitrogens with one attached hydrogen (secondary N) is 2. The molecule has 0 unspecified atom stereocenters. The van der Waals surface area contributed by atoms with Gasteiger partial charge in [0.05, 0.1) is 11.8 Å². The van der Waals surface area contributed by atoms with Gasteiger partial charge in [-0.25, -0.2) is 10.2 Å². The van der Waals surface area contributed by atoms with Crippen LogP contribution < -0.4 is 10.7 Å². The van der Waals surface area contributed by atoms with Crippen molar-refractivity contribution >= 4 is 28.6 Å². The van der Waals surface area contributed by atoms with Crippen LogP contribution in [0.5, 0.6) is 0 Å². The number of hydrazone groups is 1. The van der Waals surface area contributed by atoms with Crippen molar-refractivity contribution in [2.45, 2.75) is 39.0 Å². The van der Waals surface area contributed by atoms with Crippen molar-refractivity contribution in [3.8, 4) is 6.07 Å². The Bertz CT molecular complexity index is 830. The lowest BCUT2D eigenvalue weighted by atomic mass is 9.96. The number of carbonyl (C=O) groups excluding carboxylic acids is 1. The average molecular weight is 352 g/mol. The highest BCUT2D eigenvalue weighted by atomic mass is 32.1. The molecule has 2 N–H and O–H groups in total. The van der Waals surface area contributed by atoms with Gasteiger partial charge in [0.25, 0.3) is 0 Å². The third-order valence-corrected chi connectivity index (χ3v) is 5.49. The Balaban J connectivity index is 1.62. The van der Waals surface area contributed by atoms with Crippen LogP contribution in [0.2, 0.25) is 0 Å². The van der Waals surface area contributed by atoms with Gasteiger partial charge in [0.1, 0.15) is 11.1 Å². The molecule has 2 aromatic rings. The monoisotopic (exact) mass is 352 g/mol. The van der Waals surface area contributed by atoms with Crippen molar-refractivity contribution in [3.63, 3.8) is 0 Å². The van der Waals surface area contributed by atoms with Gasteiger partial charge < -0.3 is 0 Å². The summed E-state index contributed by atoms with van der Waals surface area (Å²) < 4.78 is 0. The zero-order valence-electron chi connectivity index (χ0n) is 14.1. The molecule has 0 saturated heterocycles. The first-order valence-electron chi connectivity index (χ1n) is 8.45. The summed E-state index contributed by atoms with van der Waals surface area (Å²) in [6, 6.07) is 9.80. The summed E-state index contributed by atoms with van der Waals surface area (Å²) in [5.74, 6) is 0. The van der Waals surface area contributed by atoms with Crippen LogP contribution in [0.4, 0.5) is 9.80 Å². The Kier molecular flexibility index (Phi) is 5.46. The molecule has 6 heteroatoms. The van der Waals surface area contributed by atoms with Gasteiger partial charge in [-0.15, -0.1) is 11.3 Å². The van der Waals surface area contributed by atoms with E-state index in [1.807, 2.05) is 24.3 Å². The molecule has 2 amide bonds. The molecule has 1 aliphatic carbocycles. The van der Waals surface area contributed by atoms with E-state index in [1.54, 1.807) is 6.21 Å². The van der Waals surface area contributed by atoms with Crippen molar-refractivity contribution in [3.05, 3.63) is 51.4 Å². The maximum atomic E-state index is 12.0. The number of amides is 2. The molecule has 5 nitrogen and oxygen atoms in total. The van der Waals surface area contributed by atoms with E-state index in [0.717, 1.165) is 43.2 Å². The van der Waals surface area contributed by atoms with E-state index in [0.29, 0.717) is 10.6 Å². The summed E-state index contributed by atoms with van der Waals surface area (Å²) in [6.45, 7) is 2.10. The first-order chi connectivity index (χ1) is 12.2. The summed E-state index contributed by atoms with van der Waals surface area (Å²) in [5, 5.41) is 16.7. The Hall–Kier alpha value is -2.65. The first kappa shape index (κ1) is 17.2. The number of hydrogen-bond acceptors (Lipinski definition) is 4. The van der Waals surface area contributed by atoms with Crippen molar-refractivity contribution < 1.29 is 4.79 Å². The van der Waals surface area contributed by atoms with Crippen molar-refractivity contribution in [2.24, 2.45) is 5.10 Å². The molecule has 0 aliphatic heterocycles. The second-order valence-electron chi connectivity index (χ2n) is 5.95. The summed E-state index contributed by atoms with van der Waals surface area (Å²) in [6.07, 6.45) is 6.75. The fourth-order valence-corrected chi connectivity index (χ4v) is 4.14. The van der Waals surface area contributed by atoms with Crippen LogP contribution in [0.25, 0.3) is 0 Å². The van der Waals surface area contributed by atoms with E-state index in [2.05, 4.69) is 28.8 Å². The molecule has 3 rings (SSSR count). The third-order valence-electron chi connectivity index (χ3n) is 4.28. The largest absolute Gasteiger partial charge is 0.340 e. The third kappa shape index (κ3) is 4.06. The highest BCUT2D eigenvalue weighted by Crippen LogP contribution is 2.37. The summed E-state index contributed by atoms with van der Waals surface area (Å²) in [7, 11) is 0. The number of benzene rings is 1. The normalized spacial score (nSPS) is 13.3. The van der Waals surface area contributed by atoms with Gasteiger partial charge in [0.15, 0.2) is 0 Å². The first-order valence-corrected chi connectivity index (χ1v) is 9.26. The Labute approximate surface area is 151 Å². The van der Waals surface area contributed by atoms with Crippen LogP contribution in [0.1, 0.15) is 46.9 Å². The number of thiophene rings is 1. The number of aryl methyl sites for hydroxylation is 2. The lowest BCUT2D eigenvalue weighted by Crippen LogP contribution is -2.24. The van der Waals surface area contributed by atoms with Crippen LogP contribution in [-0.2, 0) is 19.3 Å². The molecule has 0 fully saturated rings. The predicted octanol–water partition coefficient (Wildman–Crippen LogP) is 4.22. The number of carbonyl (C=O) groups is 1. The molecular weight excluding hydrogens is 332 g/mol. The molecule has 25 heavy (non-hydrogen) atoms.